The molecule has 80 valence electrons. The van der Waals surface area contributed by atoms with Crippen molar-refractivity contribution in [2.75, 3.05) is 0 Å². The minimum absolute atomic E-state index is 0.495. The van der Waals surface area contributed by atoms with Gasteiger partial charge in [0.05, 0.1) is 5.60 Å². The predicted molar refractivity (Wildman–Crippen MR) is 59.0 cm³/mol. The molecule has 3 saturated carbocycles. The zero-order chi connectivity index (χ0) is 10.2. The molecule has 0 radical (unpaired) electrons. The molecule has 1 N–H and O–H groups in total. The van der Waals surface area contributed by atoms with E-state index in [1.807, 2.05) is 13.0 Å². The smallest absolute Gasteiger partial charge is 0.0684 e. The Morgan fingerprint density at radius 2 is 2.00 bits per heavy atom. The van der Waals surface area contributed by atoms with Gasteiger partial charge in [0.15, 0.2) is 0 Å². The summed E-state index contributed by atoms with van der Waals surface area (Å²) >= 11 is 0. The highest BCUT2D eigenvalue weighted by molar-refractivity contribution is 4.97. The van der Waals surface area contributed by atoms with Crippen LogP contribution in [0.2, 0.25) is 0 Å². The van der Waals surface area contributed by atoms with Gasteiger partial charge in [-0.1, -0.05) is 18.9 Å². The summed E-state index contributed by atoms with van der Waals surface area (Å²) in [6, 6.07) is 0. The van der Waals surface area contributed by atoms with Gasteiger partial charge in [-0.05, 0) is 50.4 Å². The van der Waals surface area contributed by atoms with E-state index in [1.54, 1.807) is 0 Å². The molecule has 0 aromatic carbocycles. The molecule has 1 nitrogen and oxygen atoms in total. The van der Waals surface area contributed by atoms with Gasteiger partial charge in [0, 0.05) is 0 Å². The number of fused-ring (bicyclic) bond motifs is 3. The van der Waals surface area contributed by atoms with Gasteiger partial charge in [-0.3, -0.25) is 0 Å². The first-order valence-electron chi connectivity index (χ1n) is 5.97. The molecule has 14 heavy (non-hydrogen) atoms. The lowest BCUT2D eigenvalue weighted by Gasteiger charge is -2.48. The van der Waals surface area contributed by atoms with E-state index >= 15 is 0 Å². The van der Waals surface area contributed by atoms with Crippen LogP contribution in [0, 0.1) is 17.8 Å². The molecule has 0 saturated heterocycles. The Balaban J connectivity index is 2.07. The van der Waals surface area contributed by atoms with E-state index in [0.29, 0.717) is 5.92 Å². The molecule has 2 atom stereocenters. The van der Waals surface area contributed by atoms with Crippen LogP contribution in [0.4, 0.5) is 0 Å². The van der Waals surface area contributed by atoms with Crippen molar-refractivity contribution in [3.63, 3.8) is 0 Å². The molecule has 3 aliphatic carbocycles. The lowest BCUT2D eigenvalue weighted by molar-refractivity contribution is -0.0717. The van der Waals surface area contributed by atoms with E-state index in [1.165, 1.54) is 32.1 Å². The Labute approximate surface area is 87.2 Å². The molecular formula is C13H22O. The van der Waals surface area contributed by atoms with E-state index in [0.717, 1.165) is 18.3 Å². The summed E-state index contributed by atoms with van der Waals surface area (Å²) in [7, 11) is 0. The van der Waals surface area contributed by atoms with Gasteiger partial charge in [0.1, 0.15) is 0 Å². The van der Waals surface area contributed by atoms with E-state index in [-0.39, 0.29) is 0 Å². The average molecular weight is 194 g/mol. The first-order valence-corrected chi connectivity index (χ1v) is 5.97. The monoisotopic (exact) mass is 194 g/mol. The first kappa shape index (κ1) is 10.2. The zero-order valence-corrected chi connectivity index (χ0v) is 9.21. The van der Waals surface area contributed by atoms with Gasteiger partial charge in [-0.2, -0.15) is 0 Å². The Morgan fingerprint density at radius 1 is 1.36 bits per heavy atom. The molecule has 3 fully saturated rings. The summed E-state index contributed by atoms with van der Waals surface area (Å²) in [5, 5.41) is 10.4. The predicted octanol–water partition coefficient (Wildman–Crippen LogP) is 3.14. The number of hydrogen-bond acceptors (Lipinski definition) is 1. The summed E-state index contributed by atoms with van der Waals surface area (Å²) in [4.78, 5) is 0. The summed E-state index contributed by atoms with van der Waals surface area (Å²) < 4.78 is 0. The average Bonchev–Trinajstić information content (AvgIpc) is 2.19. The Bertz CT molecular complexity index is 211. The quantitative estimate of drug-likeness (QED) is 0.684. The number of aliphatic hydroxyl groups is 1. The van der Waals surface area contributed by atoms with Crippen LogP contribution in [-0.2, 0) is 0 Å². The highest BCUT2D eigenvalue weighted by Crippen LogP contribution is 2.49. The van der Waals surface area contributed by atoms with Crippen LogP contribution in [0.15, 0.2) is 12.7 Å². The van der Waals surface area contributed by atoms with Gasteiger partial charge in [0.25, 0.3) is 0 Å². The molecule has 0 aromatic heterocycles. The third-order valence-corrected chi connectivity index (χ3v) is 4.40. The minimum Gasteiger partial charge on any atom is -0.390 e. The summed E-state index contributed by atoms with van der Waals surface area (Å²) in [6.07, 6.45) is 9.39. The fraction of sp³-hybridized carbons (Fsp3) is 0.846. The van der Waals surface area contributed by atoms with Crippen LogP contribution in [0.3, 0.4) is 0 Å². The van der Waals surface area contributed by atoms with Crippen molar-refractivity contribution in [2.24, 2.45) is 17.8 Å². The highest BCUT2D eigenvalue weighted by Gasteiger charge is 2.43. The van der Waals surface area contributed by atoms with Crippen LogP contribution >= 0.6 is 0 Å². The molecule has 2 unspecified atom stereocenters. The van der Waals surface area contributed by atoms with Gasteiger partial charge < -0.3 is 5.11 Å². The zero-order valence-electron chi connectivity index (χ0n) is 9.21. The maximum Gasteiger partial charge on any atom is 0.0684 e. The minimum atomic E-state index is -0.495. The summed E-state index contributed by atoms with van der Waals surface area (Å²) in [6.45, 7) is 5.74. The van der Waals surface area contributed by atoms with E-state index in [2.05, 4.69) is 6.58 Å². The van der Waals surface area contributed by atoms with Gasteiger partial charge >= 0.3 is 0 Å². The maximum atomic E-state index is 10.4. The molecule has 3 rings (SSSR count). The second kappa shape index (κ2) is 3.69. The molecule has 0 amide bonds. The third kappa shape index (κ3) is 1.75. The van der Waals surface area contributed by atoms with Gasteiger partial charge in [-0.25, -0.2) is 0 Å². The molecule has 3 aliphatic rings. The molecule has 0 spiro atoms. The van der Waals surface area contributed by atoms with Crippen LogP contribution < -0.4 is 0 Å². The van der Waals surface area contributed by atoms with Crippen molar-refractivity contribution >= 4 is 0 Å². The van der Waals surface area contributed by atoms with E-state index < -0.39 is 5.60 Å². The van der Waals surface area contributed by atoms with Gasteiger partial charge in [-0.15, -0.1) is 6.58 Å². The van der Waals surface area contributed by atoms with Crippen molar-refractivity contribution in [1.29, 1.82) is 0 Å². The maximum absolute atomic E-state index is 10.4. The SMILES string of the molecule is C=CCC(C)(O)C1CC2CCC1CC2. The first-order chi connectivity index (χ1) is 6.63. The van der Waals surface area contributed by atoms with Crippen LogP contribution in [0.5, 0.6) is 0 Å². The Kier molecular flexibility index (Phi) is 2.70. The molecule has 0 aromatic rings. The third-order valence-electron chi connectivity index (χ3n) is 4.40. The molecular weight excluding hydrogens is 172 g/mol. The fourth-order valence-electron chi connectivity index (χ4n) is 3.58. The highest BCUT2D eigenvalue weighted by atomic mass is 16.3. The molecule has 1 heteroatoms. The number of hydrogen-bond donors (Lipinski definition) is 1. The lowest BCUT2D eigenvalue weighted by Crippen LogP contribution is -2.45. The van der Waals surface area contributed by atoms with Crippen LogP contribution in [0.1, 0.15) is 45.4 Å². The molecule has 0 aliphatic heterocycles. The van der Waals surface area contributed by atoms with Crippen molar-refractivity contribution in [3.05, 3.63) is 12.7 Å². The van der Waals surface area contributed by atoms with Crippen LogP contribution in [0.25, 0.3) is 0 Å². The Morgan fingerprint density at radius 3 is 2.43 bits per heavy atom. The Hall–Kier alpha value is -0.300. The molecule has 0 heterocycles. The molecule has 2 bridgehead atoms. The van der Waals surface area contributed by atoms with E-state index in [4.69, 9.17) is 0 Å². The normalized spacial score (nSPS) is 40.6. The largest absolute Gasteiger partial charge is 0.390 e. The number of rotatable bonds is 3. The summed E-state index contributed by atoms with van der Waals surface area (Å²) in [5.74, 6) is 2.23. The second-order valence-corrected chi connectivity index (χ2v) is 5.47. The van der Waals surface area contributed by atoms with E-state index in [9.17, 15) is 5.11 Å². The summed E-state index contributed by atoms with van der Waals surface area (Å²) in [5.41, 5.74) is -0.495. The lowest BCUT2D eigenvalue weighted by atomic mass is 9.59. The standard InChI is InChI=1S/C13H22O/c1-3-8-13(2,14)12-9-10-4-6-11(12)7-5-10/h3,10-12,14H,1,4-9H2,2H3. The van der Waals surface area contributed by atoms with Crippen LogP contribution in [-0.4, -0.2) is 10.7 Å². The van der Waals surface area contributed by atoms with Crippen molar-refractivity contribution < 1.29 is 5.11 Å². The topological polar surface area (TPSA) is 20.2 Å². The van der Waals surface area contributed by atoms with Crippen molar-refractivity contribution in [3.8, 4) is 0 Å². The second-order valence-electron chi connectivity index (χ2n) is 5.47. The fourth-order valence-corrected chi connectivity index (χ4v) is 3.58. The van der Waals surface area contributed by atoms with Crippen molar-refractivity contribution in [1.82, 2.24) is 0 Å². The van der Waals surface area contributed by atoms with Crippen molar-refractivity contribution in [2.45, 2.75) is 51.0 Å². The van der Waals surface area contributed by atoms with Gasteiger partial charge in [0.2, 0.25) is 0 Å².